The molecule has 122 valence electrons. The molecule has 0 aromatic heterocycles. The van der Waals surface area contributed by atoms with Crippen molar-refractivity contribution < 1.29 is 14.3 Å². The number of benzene rings is 1. The van der Waals surface area contributed by atoms with E-state index in [9.17, 15) is 9.18 Å². The van der Waals surface area contributed by atoms with Crippen molar-refractivity contribution in [2.45, 2.75) is 38.5 Å². The van der Waals surface area contributed by atoms with Crippen LogP contribution in [0.25, 0.3) is 0 Å². The fourth-order valence-electron chi connectivity index (χ4n) is 3.86. The van der Waals surface area contributed by atoms with Gasteiger partial charge in [0.25, 0.3) is 0 Å². The highest BCUT2D eigenvalue weighted by Crippen LogP contribution is 2.47. The second-order valence-electron chi connectivity index (χ2n) is 6.24. The Morgan fingerprint density at radius 2 is 2.09 bits per heavy atom. The third-order valence-corrected chi connectivity index (χ3v) is 5.04. The number of aliphatic hydroxyl groups is 1. The SMILES string of the molecule is Cl.NC1C2CCC(C2)C1C(=O)NCc1ccc(CO)c(F)c1. The van der Waals surface area contributed by atoms with E-state index < -0.39 is 5.82 Å². The van der Waals surface area contributed by atoms with Gasteiger partial charge in [-0.15, -0.1) is 12.4 Å². The third kappa shape index (κ3) is 3.12. The average molecular weight is 329 g/mol. The van der Waals surface area contributed by atoms with Crippen LogP contribution in [0.2, 0.25) is 0 Å². The lowest BCUT2D eigenvalue weighted by molar-refractivity contribution is -0.127. The van der Waals surface area contributed by atoms with Gasteiger partial charge in [0.15, 0.2) is 0 Å². The number of carbonyl (C=O) groups is 1. The van der Waals surface area contributed by atoms with E-state index in [0.29, 0.717) is 23.9 Å². The standard InChI is InChI=1S/C16H21FN2O2.ClH/c17-13-5-9(1-2-12(13)8-20)7-19-16(21)14-10-3-4-11(6-10)15(14)18;/h1-2,5,10-11,14-15,20H,3-4,6-8,18H2,(H,19,21);1H. The van der Waals surface area contributed by atoms with Gasteiger partial charge in [-0.25, -0.2) is 4.39 Å². The molecule has 4 atom stereocenters. The number of hydrogen-bond donors (Lipinski definition) is 3. The maximum atomic E-state index is 13.6. The molecule has 0 spiro atoms. The molecule has 0 radical (unpaired) electrons. The van der Waals surface area contributed by atoms with E-state index >= 15 is 0 Å². The van der Waals surface area contributed by atoms with Gasteiger partial charge in [0.1, 0.15) is 5.82 Å². The number of carbonyl (C=O) groups excluding carboxylic acids is 1. The summed E-state index contributed by atoms with van der Waals surface area (Å²) < 4.78 is 13.6. The van der Waals surface area contributed by atoms with Crippen LogP contribution < -0.4 is 11.1 Å². The molecule has 2 fully saturated rings. The minimum Gasteiger partial charge on any atom is -0.392 e. The first-order chi connectivity index (χ1) is 10.1. The Hall–Kier alpha value is -1.17. The number of hydrogen-bond acceptors (Lipinski definition) is 3. The predicted octanol–water partition coefficient (Wildman–Crippen LogP) is 1.73. The lowest BCUT2D eigenvalue weighted by Gasteiger charge is -2.27. The molecule has 2 aliphatic rings. The van der Waals surface area contributed by atoms with Crippen LogP contribution in [0.5, 0.6) is 0 Å². The van der Waals surface area contributed by atoms with E-state index in [1.165, 1.54) is 6.07 Å². The van der Waals surface area contributed by atoms with E-state index in [2.05, 4.69) is 5.32 Å². The van der Waals surface area contributed by atoms with Crippen LogP contribution in [0.15, 0.2) is 18.2 Å². The molecule has 3 rings (SSSR count). The number of nitrogens with one attached hydrogen (secondary N) is 1. The highest BCUT2D eigenvalue weighted by atomic mass is 35.5. The number of fused-ring (bicyclic) bond motifs is 2. The van der Waals surface area contributed by atoms with Gasteiger partial charge in [-0.2, -0.15) is 0 Å². The first-order valence-electron chi connectivity index (χ1n) is 7.51. The summed E-state index contributed by atoms with van der Waals surface area (Å²) in [6.45, 7) is -0.0272. The van der Waals surface area contributed by atoms with Crippen molar-refractivity contribution in [1.82, 2.24) is 5.32 Å². The zero-order valence-corrected chi connectivity index (χ0v) is 13.1. The maximum absolute atomic E-state index is 13.6. The average Bonchev–Trinajstić information content (AvgIpc) is 3.06. The smallest absolute Gasteiger partial charge is 0.225 e. The molecule has 6 heteroatoms. The van der Waals surface area contributed by atoms with E-state index in [-0.39, 0.29) is 42.4 Å². The quantitative estimate of drug-likeness (QED) is 0.788. The van der Waals surface area contributed by atoms with E-state index in [0.717, 1.165) is 19.3 Å². The summed E-state index contributed by atoms with van der Waals surface area (Å²) in [7, 11) is 0. The second-order valence-corrected chi connectivity index (χ2v) is 6.24. The number of halogens is 2. The monoisotopic (exact) mass is 328 g/mol. The van der Waals surface area contributed by atoms with Gasteiger partial charge in [-0.05, 0) is 42.7 Å². The summed E-state index contributed by atoms with van der Waals surface area (Å²) in [6, 6.07) is 4.58. The Morgan fingerprint density at radius 1 is 1.36 bits per heavy atom. The first kappa shape index (κ1) is 17.2. The Balaban J connectivity index is 0.00000176. The molecule has 0 saturated heterocycles. The first-order valence-corrected chi connectivity index (χ1v) is 7.51. The van der Waals surface area contributed by atoms with Crippen LogP contribution in [0.3, 0.4) is 0 Å². The van der Waals surface area contributed by atoms with Crippen LogP contribution in [0.4, 0.5) is 4.39 Å². The zero-order chi connectivity index (χ0) is 15.0. The summed E-state index contributed by atoms with van der Waals surface area (Å²) in [4.78, 5) is 12.3. The molecule has 4 nitrogen and oxygen atoms in total. The Bertz CT molecular complexity index is 553. The summed E-state index contributed by atoms with van der Waals surface area (Å²) >= 11 is 0. The molecular formula is C16H22ClFN2O2. The van der Waals surface area contributed by atoms with Crippen molar-refractivity contribution in [2.75, 3.05) is 0 Å². The molecule has 4 N–H and O–H groups in total. The van der Waals surface area contributed by atoms with Crippen LogP contribution >= 0.6 is 12.4 Å². The van der Waals surface area contributed by atoms with Gasteiger partial charge in [-0.3, -0.25) is 4.79 Å². The molecule has 2 aliphatic carbocycles. The third-order valence-electron chi connectivity index (χ3n) is 5.04. The number of rotatable bonds is 4. The fraction of sp³-hybridized carbons (Fsp3) is 0.562. The molecule has 2 bridgehead atoms. The fourth-order valence-corrected chi connectivity index (χ4v) is 3.86. The highest BCUT2D eigenvalue weighted by molar-refractivity contribution is 5.85. The van der Waals surface area contributed by atoms with Crippen molar-refractivity contribution in [1.29, 1.82) is 0 Å². The topological polar surface area (TPSA) is 75.4 Å². The Labute approximate surface area is 135 Å². The van der Waals surface area contributed by atoms with Crippen molar-refractivity contribution in [3.05, 3.63) is 35.1 Å². The molecule has 0 aliphatic heterocycles. The summed E-state index contributed by atoms with van der Waals surface area (Å²) in [5, 5.41) is 11.8. The Morgan fingerprint density at radius 3 is 2.68 bits per heavy atom. The lowest BCUT2D eigenvalue weighted by atomic mass is 9.84. The van der Waals surface area contributed by atoms with Crippen LogP contribution in [0, 0.1) is 23.6 Å². The van der Waals surface area contributed by atoms with Crippen LogP contribution in [-0.4, -0.2) is 17.1 Å². The molecular weight excluding hydrogens is 307 g/mol. The highest BCUT2D eigenvalue weighted by Gasteiger charge is 2.48. The Kier molecular flexibility index (Phi) is 5.42. The minimum atomic E-state index is -0.444. The number of amides is 1. The molecule has 1 aromatic carbocycles. The van der Waals surface area contributed by atoms with Crippen molar-refractivity contribution >= 4 is 18.3 Å². The molecule has 0 heterocycles. The largest absolute Gasteiger partial charge is 0.392 e. The van der Waals surface area contributed by atoms with E-state index in [1.54, 1.807) is 12.1 Å². The van der Waals surface area contributed by atoms with Gasteiger partial charge >= 0.3 is 0 Å². The van der Waals surface area contributed by atoms with Crippen molar-refractivity contribution in [3.63, 3.8) is 0 Å². The predicted molar refractivity (Wildman–Crippen MR) is 83.7 cm³/mol. The molecule has 1 amide bonds. The number of nitrogens with two attached hydrogens (primary N) is 1. The number of aliphatic hydroxyl groups excluding tert-OH is 1. The normalized spacial score (nSPS) is 29.2. The van der Waals surface area contributed by atoms with Gasteiger partial charge in [0.2, 0.25) is 5.91 Å². The zero-order valence-electron chi connectivity index (χ0n) is 12.3. The molecule has 4 unspecified atom stereocenters. The summed E-state index contributed by atoms with van der Waals surface area (Å²) in [6.07, 6.45) is 3.30. The van der Waals surface area contributed by atoms with Gasteiger partial charge < -0.3 is 16.2 Å². The van der Waals surface area contributed by atoms with Crippen molar-refractivity contribution in [3.8, 4) is 0 Å². The van der Waals surface area contributed by atoms with E-state index in [1.807, 2.05) is 0 Å². The van der Waals surface area contributed by atoms with Gasteiger partial charge in [0.05, 0.1) is 12.5 Å². The van der Waals surface area contributed by atoms with Crippen LogP contribution in [0.1, 0.15) is 30.4 Å². The van der Waals surface area contributed by atoms with E-state index in [4.69, 9.17) is 10.8 Å². The minimum absolute atomic E-state index is 0. The lowest BCUT2D eigenvalue weighted by Crippen LogP contribution is -2.45. The summed E-state index contributed by atoms with van der Waals surface area (Å²) in [5.41, 5.74) is 7.10. The summed E-state index contributed by atoms with van der Waals surface area (Å²) in [5.74, 6) is 0.359. The maximum Gasteiger partial charge on any atom is 0.225 e. The molecule has 22 heavy (non-hydrogen) atoms. The van der Waals surface area contributed by atoms with Gasteiger partial charge in [-0.1, -0.05) is 12.1 Å². The molecule has 1 aromatic rings. The molecule has 2 saturated carbocycles. The second kappa shape index (κ2) is 6.94. The van der Waals surface area contributed by atoms with Gasteiger partial charge in [0, 0.05) is 18.2 Å². The van der Waals surface area contributed by atoms with Crippen molar-refractivity contribution in [2.24, 2.45) is 23.5 Å². The van der Waals surface area contributed by atoms with Crippen LogP contribution in [-0.2, 0) is 17.9 Å².